The molecular formula is C23H20N4O3. The summed E-state index contributed by atoms with van der Waals surface area (Å²) in [5.74, 6) is 0.230. The molecule has 0 saturated heterocycles. The van der Waals surface area contributed by atoms with Gasteiger partial charge in [0.1, 0.15) is 6.61 Å². The van der Waals surface area contributed by atoms with Crippen LogP contribution in [0.5, 0.6) is 5.88 Å². The lowest BCUT2D eigenvalue weighted by atomic mass is 10.1. The van der Waals surface area contributed by atoms with Crippen LogP contribution in [0.2, 0.25) is 0 Å². The predicted octanol–water partition coefficient (Wildman–Crippen LogP) is 3.09. The van der Waals surface area contributed by atoms with Crippen LogP contribution in [-0.2, 0) is 24.9 Å². The molecule has 30 heavy (non-hydrogen) atoms. The standard InChI is InChI=1S/C23H20N4O3/c1-27-23(29)19-10-6-5-9-18(19)20(26-27)13-21(28)25-17-11-12-22(24-14-17)30-15-16-7-3-2-4-8-16/h2-12,14H,13,15H2,1H3,(H,25,28). The van der Waals surface area contributed by atoms with Crippen molar-refractivity contribution in [2.75, 3.05) is 5.32 Å². The van der Waals surface area contributed by atoms with Gasteiger partial charge < -0.3 is 10.1 Å². The summed E-state index contributed by atoms with van der Waals surface area (Å²) in [5.41, 5.74) is 1.96. The van der Waals surface area contributed by atoms with Gasteiger partial charge in [0, 0.05) is 18.5 Å². The van der Waals surface area contributed by atoms with Gasteiger partial charge in [-0.25, -0.2) is 9.67 Å². The second-order valence-corrected chi connectivity index (χ2v) is 6.81. The number of rotatable bonds is 6. The van der Waals surface area contributed by atoms with Gasteiger partial charge in [-0.2, -0.15) is 5.10 Å². The molecule has 0 radical (unpaired) electrons. The minimum Gasteiger partial charge on any atom is -0.473 e. The second kappa shape index (κ2) is 8.57. The van der Waals surface area contributed by atoms with Gasteiger partial charge in [-0.05, 0) is 17.7 Å². The molecule has 2 aromatic carbocycles. The number of hydrogen-bond acceptors (Lipinski definition) is 5. The Morgan fingerprint density at radius 3 is 2.47 bits per heavy atom. The van der Waals surface area contributed by atoms with Crippen molar-refractivity contribution in [1.29, 1.82) is 0 Å². The molecule has 0 aliphatic heterocycles. The largest absolute Gasteiger partial charge is 0.473 e. The molecule has 4 aromatic rings. The Morgan fingerprint density at radius 2 is 1.73 bits per heavy atom. The van der Waals surface area contributed by atoms with E-state index in [9.17, 15) is 9.59 Å². The molecule has 0 aliphatic rings. The van der Waals surface area contributed by atoms with Crippen molar-refractivity contribution in [3.05, 3.63) is 94.5 Å². The van der Waals surface area contributed by atoms with Gasteiger partial charge in [0.25, 0.3) is 5.56 Å². The molecule has 4 rings (SSSR count). The number of fused-ring (bicyclic) bond motifs is 1. The molecule has 1 N–H and O–H groups in total. The van der Waals surface area contributed by atoms with E-state index in [4.69, 9.17) is 4.74 Å². The lowest BCUT2D eigenvalue weighted by molar-refractivity contribution is -0.115. The minimum atomic E-state index is -0.244. The molecule has 2 heterocycles. The Labute approximate surface area is 173 Å². The Kier molecular flexibility index (Phi) is 5.52. The number of amides is 1. The highest BCUT2D eigenvalue weighted by Gasteiger charge is 2.12. The Hall–Kier alpha value is -4.00. The Bertz CT molecular complexity index is 1240. The molecule has 0 unspecified atom stereocenters. The summed E-state index contributed by atoms with van der Waals surface area (Å²) in [5, 5.41) is 8.28. The summed E-state index contributed by atoms with van der Waals surface area (Å²) in [7, 11) is 1.58. The van der Waals surface area contributed by atoms with Crippen LogP contribution in [-0.4, -0.2) is 20.7 Å². The van der Waals surface area contributed by atoms with E-state index in [-0.39, 0.29) is 17.9 Å². The van der Waals surface area contributed by atoms with E-state index in [1.54, 1.807) is 43.6 Å². The summed E-state index contributed by atoms with van der Waals surface area (Å²) in [6, 6.07) is 20.4. The molecule has 0 aliphatic carbocycles. The highest BCUT2D eigenvalue weighted by molar-refractivity contribution is 5.95. The fraction of sp³-hybridized carbons (Fsp3) is 0.130. The maximum Gasteiger partial charge on any atom is 0.274 e. The van der Waals surface area contributed by atoms with Crippen molar-refractivity contribution in [3.63, 3.8) is 0 Å². The summed E-state index contributed by atoms with van der Waals surface area (Å²) in [4.78, 5) is 29.0. The van der Waals surface area contributed by atoms with Crippen molar-refractivity contribution in [2.45, 2.75) is 13.0 Å². The zero-order valence-corrected chi connectivity index (χ0v) is 16.4. The number of anilines is 1. The topological polar surface area (TPSA) is 86.1 Å². The van der Waals surface area contributed by atoms with E-state index >= 15 is 0 Å². The molecular weight excluding hydrogens is 380 g/mol. The third-order valence-corrected chi connectivity index (χ3v) is 4.61. The lowest BCUT2D eigenvalue weighted by Crippen LogP contribution is -2.24. The van der Waals surface area contributed by atoms with Crippen LogP contribution in [0.15, 0.2) is 77.7 Å². The number of carbonyl (C=O) groups excluding carboxylic acids is 1. The molecule has 150 valence electrons. The van der Waals surface area contributed by atoms with Gasteiger partial charge in [0.05, 0.1) is 29.4 Å². The van der Waals surface area contributed by atoms with Crippen LogP contribution in [0, 0.1) is 0 Å². The van der Waals surface area contributed by atoms with Crippen molar-refractivity contribution < 1.29 is 9.53 Å². The zero-order valence-electron chi connectivity index (χ0n) is 16.4. The average molecular weight is 400 g/mol. The fourth-order valence-corrected chi connectivity index (χ4v) is 3.13. The highest BCUT2D eigenvalue weighted by atomic mass is 16.5. The second-order valence-electron chi connectivity index (χ2n) is 6.81. The first-order valence-electron chi connectivity index (χ1n) is 9.48. The van der Waals surface area contributed by atoms with E-state index in [0.717, 1.165) is 5.56 Å². The van der Waals surface area contributed by atoms with E-state index in [2.05, 4.69) is 15.4 Å². The van der Waals surface area contributed by atoms with Crippen LogP contribution in [0.3, 0.4) is 0 Å². The third kappa shape index (κ3) is 4.35. The normalized spacial score (nSPS) is 10.7. The summed E-state index contributed by atoms with van der Waals surface area (Å²) in [6.07, 6.45) is 1.59. The molecule has 0 atom stereocenters. The number of aryl methyl sites for hydroxylation is 1. The molecule has 7 heteroatoms. The monoisotopic (exact) mass is 400 g/mol. The van der Waals surface area contributed by atoms with Crippen molar-refractivity contribution in [2.24, 2.45) is 7.05 Å². The molecule has 0 saturated carbocycles. The Balaban J connectivity index is 1.42. The van der Waals surface area contributed by atoms with Crippen LogP contribution >= 0.6 is 0 Å². The first kappa shape index (κ1) is 19.3. The van der Waals surface area contributed by atoms with Gasteiger partial charge >= 0.3 is 0 Å². The van der Waals surface area contributed by atoms with Gasteiger partial charge in [0.15, 0.2) is 0 Å². The quantitative estimate of drug-likeness (QED) is 0.538. The van der Waals surface area contributed by atoms with E-state index < -0.39 is 0 Å². The Morgan fingerprint density at radius 1 is 1.00 bits per heavy atom. The van der Waals surface area contributed by atoms with Crippen molar-refractivity contribution >= 4 is 22.4 Å². The number of nitrogens with zero attached hydrogens (tertiary/aromatic N) is 3. The zero-order chi connectivity index (χ0) is 20.9. The van der Waals surface area contributed by atoms with Gasteiger partial charge in [-0.1, -0.05) is 48.5 Å². The van der Waals surface area contributed by atoms with Crippen molar-refractivity contribution in [1.82, 2.24) is 14.8 Å². The lowest BCUT2D eigenvalue weighted by Gasteiger charge is -2.09. The number of nitrogens with one attached hydrogen (secondary N) is 1. The number of ether oxygens (including phenoxy) is 1. The minimum absolute atomic E-state index is 0.0426. The molecule has 1 amide bonds. The maximum atomic E-state index is 12.5. The number of carbonyl (C=O) groups is 1. The van der Waals surface area contributed by atoms with E-state index in [1.807, 2.05) is 36.4 Å². The summed E-state index contributed by atoms with van der Waals surface area (Å²) < 4.78 is 6.91. The highest BCUT2D eigenvalue weighted by Crippen LogP contribution is 2.16. The molecule has 2 aromatic heterocycles. The molecule has 7 nitrogen and oxygen atoms in total. The number of pyridine rings is 1. The third-order valence-electron chi connectivity index (χ3n) is 4.61. The van der Waals surface area contributed by atoms with Gasteiger partial charge in [-0.3, -0.25) is 9.59 Å². The molecule has 0 fully saturated rings. The summed E-state index contributed by atoms with van der Waals surface area (Å²) in [6.45, 7) is 0.422. The van der Waals surface area contributed by atoms with Crippen molar-refractivity contribution in [3.8, 4) is 5.88 Å². The predicted molar refractivity (Wildman–Crippen MR) is 114 cm³/mol. The van der Waals surface area contributed by atoms with E-state index in [1.165, 1.54) is 4.68 Å². The van der Waals surface area contributed by atoms with Gasteiger partial charge in [0.2, 0.25) is 11.8 Å². The maximum absolute atomic E-state index is 12.5. The number of hydrogen-bond donors (Lipinski definition) is 1. The summed E-state index contributed by atoms with van der Waals surface area (Å²) >= 11 is 0. The van der Waals surface area contributed by atoms with Crippen LogP contribution in [0.1, 0.15) is 11.3 Å². The molecule has 0 spiro atoms. The smallest absolute Gasteiger partial charge is 0.274 e. The van der Waals surface area contributed by atoms with Crippen LogP contribution in [0.25, 0.3) is 10.8 Å². The van der Waals surface area contributed by atoms with Crippen LogP contribution in [0.4, 0.5) is 5.69 Å². The fourth-order valence-electron chi connectivity index (χ4n) is 3.13. The first-order valence-corrected chi connectivity index (χ1v) is 9.48. The SMILES string of the molecule is Cn1nc(CC(=O)Nc2ccc(OCc3ccccc3)nc2)c2ccccc2c1=O. The number of aromatic nitrogens is 3. The number of benzene rings is 2. The van der Waals surface area contributed by atoms with E-state index in [0.29, 0.717) is 34.6 Å². The molecule has 0 bridgehead atoms. The van der Waals surface area contributed by atoms with Gasteiger partial charge in [-0.15, -0.1) is 0 Å². The van der Waals surface area contributed by atoms with Crippen LogP contribution < -0.4 is 15.6 Å². The average Bonchev–Trinajstić information content (AvgIpc) is 2.77. The first-order chi connectivity index (χ1) is 14.6.